The predicted molar refractivity (Wildman–Crippen MR) is 116 cm³/mol. The smallest absolute Gasteiger partial charge is 0.337 e. The van der Waals surface area contributed by atoms with Crippen LogP contribution in [-0.2, 0) is 16.4 Å². The molecule has 0 saturated carbocycles. The second-order valence-electron chi connectivity index (χ2n) is 6.82. The van der Waals surface area contributed by atoms with E-state index in [2.05, 4.69) is 14.9 Å². The number of carboxylic acid groups (broad SMARTS) is 1. The second-order valence-corrected chi connectivity index (χ2v) is 8.66. The SMILES string of the molecule is O=C(O)c1ccc(-c2ccccc2)cc1NS(=O)(=O)CCc1n[nH]c2ccccc12. The Balaban J connectivity index is 1.59. The van der Waals surface area contributed by atoms with Crippen molar-refractivity contribution in [3.8, 4) is 11.1 Å². The molecule has 0 spiro atoms. The van der Waals surface area contributed by atoms with Crippen molar-refractivity contribution in [2.75, 3.05) is 10.5 Å². The number of anilines is 1. The lowest BCUT2D eigenvalue weighted by atomic mass is 10.0. The monoisotopic (exact) mass is 421 g/mol. The minimum atomic E-state index is -3.80. The van der Waals surface area contributed by atoms with Crippen LogP contribution in [0.25, 0.3) is 22.0 Å². The molecule has 4 rings (SSSR count). The average Bonchev–Trinajstić information content (AvgIpc) is 3.16. The van der Waals surface area contributed by atoms with Crippen LogP contribution in [0.1, 0.15) is 16.1 Å². The lowest BCUT2D eigenvalue weighted by molar-refractivity contribution is 0.0698. The summed E-state index contributed by atoms with van der Waals surface area (Å²) in [6.45, 7) is 0. The van der Waals surface area contributed by atoms with Gasteiger partial charge in [-0.25, -0.2) is 13.2 Å². The Morgan fingerprint density at radius 3 is 2.47 bits per heavy atom. The molecule has 0 aliphatic heterocycles. The van der Waals surface area contributed by atoms with Crippen LogP contribution in [0, 0.1) is 0 Å². The van der Waals surface area contributed by atoms with Crippen molar-refractivity contribution in [3.63, 3.8) is 0 Å². The van der Waals surface area contributed by atoms with Crippen molar-refractivity contribution in [2.24, 2.45) is 0 Å². The molecule has 3 aromatic carbocycles. The molecular formula is C22H19N3O4S. The summed E-state index contributed by atoms with van der Waals surface area (Å²) in [6, 6.07) is 21.4. The third-order valence-electron chi connectivity index (χ3n) is 4.78. The number of sulfonamides is 1. The van der Waals surface area contributed by atoms with Gasteiger partial charge in [0.15, 0.2) is 0 Å². The standard InChI is InChI=1S/C22H19N3O4S/c26-22(27)18-11-10-16(15-6-2-1-3-7-15)14-21(18)25-30(28,29)13-12-20-17-8-4-5-9-19(17)23-24-20/h1-11,14,25H,12-13H2,(H,23,24)(H,26,27). The molecule has 1 aromatic heterocycles. The third-order valence-corrected chi connectivity index (χ3v) is 6.05. The molecule has 8 heteroatoms. The number of nitrogens with one attached hydrogen (secondary N) is 2. The summed E-state index contributed by atoms with van der Waals surface area (Å²) < 4.78 is 27.9. The number of aromatic nitrogens is 2. The summed E-state index contributed by atoms with van der Waals surface area (Å²) in [6.07, 6.45) is 0.195. The van der Waals surface area contributed by atoms with E-state index in [9.17, 15) is 18.3 Å². The zero-order valence-corrected chi connectivity index (χ0v) is 16.7. The van der Waals surface area contributed by atoms with E-state index < -0.39 is 16.0 Å². The van der Waals surface area contributed by atoms with Gasteiger partial charge in [0.05, 0.1) is 28.2 Å². The summed E-state index contributed by atoms with van der Waals surface area (Å²) in [5, 5.41) is 17.4. The molecule has 30 heavy (non-hydrogen) atoms. The molecule has 0 aliphatic rings. The quantitative estimate of drug-likeness (QED) is 0.419. The molecule has 0 unspecified atom stereocenters. The lowest BCUT2D eigenvalue weighted by Gasteiger charge is -2.12. The summed E-state index contributed by atoms with van der Waals surface area (Å²) in [5.74, 6) is -1.43. The molecule has 3 N–H and O–H groups in total. The van der Waals surface area contributed by atoms with Gasteiger partial charge in [-0.1, -0.05) is 54.6 Å². The van der Waals surface area contributed by atoms with Crippen LogP contribution in [0.15, 0.2) is 72.8 Å². The van der Waals surface area contributed by atoms with Gasteiger partial charge in [0, 0.05) is 11.8 Å². The van der Waals surface area contributed by atoms with E-state index >= 15 is 0 Å². The van der Waals surface area contributed by atoms with Crippen molar-refractivity contribution >= 4 is 32.6 Å². The number of aryl methyl sites for hydroxylation is 1. The summed E-state index contributed by atoms with van der Waals surface area (Å²) in [5.41, 5.74) is 2.99. The maximum Gasteiger partial charge on any atom is 0.337 e. The van der Waals surface area contributed by atoms with E-state index in [-0.39, 0.29) is 23.4 Å². The summed E-state index contributed by atoms with van der Waals surface area (Å²) in [7, 11) is -3.80. The Kier molecular flexibility index (Phi) is 5.24. The number of para-hydroxylation sites is 1. The highest BCUT2D eigenvalue weighted by Crippen LogP contribution is 2.27. The van der Waals surface area contributed by atoms with Gasteiger partial charge in [0.2, 0.25) is 10.0 Å². The number of aromatic amines is 1. The van der Waals surface area contributed by atoms with E-state index in [1.54, 1.807) is 12.1 Å². The number of carbonyl (C=O) groups is 1. The summed E-state index contributed by atoms with van der Waals surface area (Å²) in [4.78, 5) is 11.6. The molecule has 0 fully saturated rings. The Morgan fingerprint density at radius 1 is 0.967 bits per heavy atom. The van der Waals surface area contributed by atoms with E-state index in [1.165, 1.54) is 6.07 Å². The lowest BCUT2D eigenvalue weighted by Crippen LogP contribution is -2.20. The molecular weight excluding hydrogens is 402 g/mol. The van der Waals surface area contributed by atoms with Crippen LogP contribution in [-0.4, -0.2) is 35.4 Å². The minimum Gasteiger partial charge on any atom is -0.478 e. The highest BCUT2D eigenvalue weighted by atomic mass is 32.2. The number of H-pyrrole nitrogens is 1. The van der Waals surface area contributed by atoms with Gasteiger partial charge in [-0.3, -0.25) is 9.82 Å². The second kappa shape index (κ2) is 8.00. The topological polar surface area (TPSA) is 112 Å². The van der Waals surface area contributed by atoms with Gasteiger partial charge in [0.25, 0.3) is 0 Å². The number of benzene rings is 3. The largest absolute Gasteiger partial charge is 0.478 e. The predicted octanol–water partition coefficient (Wildman–Crippen LogP) is 3.91. The van der Waals surface area contributed by atoms with Crippen molar-refractivity contribution in [1.29, 1.82) is 0 Å². The van der Waals surface area contributed by atoms with Crippen LogP contribution in [0.2, 0.25) is 0 Å². The third kappa shape index (κ3) is 4.18. The molecule has 0 atom stereocenters. The fourth-order valence-corrected chi connectivity index (χ4v) is 4.35. The van der Waals surface area contributed by atoms with Crippen molar-refractivity contribution < 1.29 is 18.3 Å². The first-order chi connectivity index (χ1) is 14.4. The highest BCUT2D eigenvalue weighted by molar-refractivity contribution is 7.92. The highest BCUT2D eigenvalue weighted by Gasteiger charge is 2.18. The number of nitrogens with zero attached hydrogens (tertiary/aromatic N) is 1. The van der Waals surface area contributed by atoms with Crippen molar-refractivity contribution in [1.82, 2.24) is 10.2 Å². The molecule has 7 nitrogen and oxygen atoms in total. The fraction of sp³-hybridized carbons (Fsp3) is 0.0909. The molecule has 0 amide bonds. The van der Waals surface area contributed by atoms with Gasteiger partial charge in [0.1, 0.15) is 0 Å². The Bertz CT molecular complexity index is 1310. The van der Waals surface area contributed by atoms with Gasteiger partial charge in [-0.15, -0.1) is 0 Å². The molecule has 0 bridgehead atoms. The van der Waals surface area contributed by atoms with E-state index in [0.29, 0.717) is 5.69 Å². The molecule has 4 aromatic rings. The maximum absolute atomic E-state index is 12.7. The first kappa shape index (κ1) is 19.7. The Labute approximate surface area is 173 Å². The van der Waals surface area contributed by atoms with Crippen molar-refractivity contribution in [3.05, 3.63) is 84.1 Å². The number of rotatable bonds is 7. The number of aromatic carboxylic acids is 1. The van der Waals surface area contributed by atoms with Crippen LogP contribution >= 0.6 is 0 Å². The molecule has 0 aliphatic carbocycles. The molecule has 152 valence electrons. The van der Waals surface area contributed by atoms with E-state index in [1.807, 2.05) is 54.6 Å². The number of carboxylic acids is 1. The zero-order chi connectivity index (χ0) is 21.1. The van der Waals surface area contributed by atoms with Crippen LogP contribution in [0.4, 0.5) is 5.69 Å². The Morgan fingerprint density at radius 2 is 1.70 bits per heavy atom. The fourth-order valence-electron chi connectivity index (χ4n) is 3.29. The number of fused-ring (bicyclic) bond motifs is 1. The van der Waals surface area contributed by atoms with Crippen LogP contribution in [0.3, 0.4) is 0 Å². The van der Waals surface area contributed by atoms with Gasteiger partial charge < -0.3 is 5.11 Å². The van der Waals surface area contributed by atoms with Gasteiger partial charge in [-0.05, 0) is 29.3 Å². The van der Waals surface area contributed by atoms with Crippen LogP contribution < -0.4 is 4.72 Å². The Hall–Kier alpha value is -3.65. The minimum absolute atomic E-state index is 0.0377. The normalized spacial score (nSPS) is 11.5. The zero-order valence-electron chi connectivity index (χ0n) is 15.9. The number of hydrogen-bond acceptors (Lipinski definition) is 4. The maximum atomic E-state index is 12.7. The molecule has 0 radical (unpaired) electrons. The van der Waals surface area contributed by atoms with Crippen LogP contribution in [0.5, 0.6) is 0 Å². The first-order valence-electron chi connectivity index (χ1n) is 9.28. The van der Waals surface area contributed by atoms with Gasteiger partial charge >= 0.3 is 5.97 Å². The summed E-state index contributed by atoms with van der Waals surface area (Å²) >= 11 is 0. The first-order valence-corrected chi connectivity index (χ1v) is 10.9. The number of hydrogen-bond donors (Lipinski definition) is 3. The molecule has 1 heterocycles. The average molecular weight is 421 g/mol. The van der Waals surface area contributed by atoms with E-state index in [4.69, 9.17) is 0 Å². The van der Waals surface area contributed by atoms with Crippen molar-refractivity contribution in [2.45, 2.75) is 6.42 Å². The molecule has 0 saturated heterocycles. The van der Waals surface area contributed by atoms with Gasteiger partial charge in [-0.2, -0.15) is 5.10 Å². The van der Waals surface area contributed by atoms with E-state index in [0.717, 1.165) is 22.0 Å².